The number of anilines is 1. The van der Waals surface area contributed by atoms with Gasteiger partial charge in [-0.05, 0) is 71.9 Å². The molecule has 1 fully saturated rings. The summed E-state index contributed by atoms with van der Waals surface area (Å²) in [6, 6.07) is 17.6. The van der Waals surface area contributed by atoms with Crippen molar-refractivity contribution >= 4 is 63.8 Å². The van der Waals surface area contributed by atoms with Crippen LogP contribution in [0.15, 0.2) is 71.6 Å². The molecule has 0 radical (unpaired) electrons. The predicted octanol–water partition coefficient (Wildman–Crippen LogP) is 6.39. The van der Waals surface area contributed by atoms with Gasteiger partial charge in [0.05, 0.1) is 9.93 Å². The van der Waals surface area contributed by atoms with Crippen LogP contribution in [0.2, 0.25) is 10.0 Å². The maximum absolute atomic E-state index is 13.9. The summed E-state index contributed by atoms with van der Waals surface area (Å²) < 4.78 is 19.5. The average molecular weight is 531 g/mol. The molecule has 3 aromatic carbocycles. The van der Waals surface area contributed by atoms with E-state index in [0.717, 1.165) is 16.7 Å². The number of thioether (sulfide) groups is 1. The molecule has 3 amide bonds. The highest BCUT2D eigenvalue weighted by Gasteiger charge is 2.36. The molecule has 3 aromatic rings. The minimum Gasteiger partial charge on any atom is -0.489 e. The van der Waals surface area contributed by atoms with Crippen molar-refractivity contribution in [3.63, 3.8) is 0 Å². The van der Waals surface area contributed by atoms with E-state index >= 15 is 0 Å². The van der Waals surface area contributed by atoms with E-state index in [1.165, 1.54) is 12.1 Å². The Labute approximate surface area is 214 Å². The molecule has 1 aliphatic rings. The number of halogens is 3. The quantitative estimate of drug-likeness (QED) is 0.358. The molecule has 0 atom stereocenters. The molecule has 0 aromatic heterocycles. The molecule has 1 N–H and O–H groups in total. The molecule has 1 aliphatic heterocycles. The highest BCUT2D eigenvalue weighted by atomic mass is 35.5. The summed E-state index contributed by atoms with van der Waals surface area (Å²) in [5.41, 5.74) is 1.41. The normalized spacial score (nSPS) is 14.5. The van der Waals surface area contributed by atoms with Crippen LogP contribution in [-0.4, -0.2) is 28.5 Å². The second-order valence-corrected chi connectivity index (χ2v) is 9.22. The number of benzene rings is 3. The van der Waals surface area contributed by atoms with Gasteiger partial charge in [0, 0.05) is 16.3 Å². The Balaban J connectivity index is 1.37. The zero-order valence-corrected chi connectivity index (χ0v) is 20.3. The SMILES string of the molecule is O=C(CN1C(=O)S/C(=C\c2ccc(OCc3c(F)cccc3Cl)cc2)C1=O)Nc1ccc(Cl)cc1. The van der Waals surface area contributed by atoms with Gasteiger partial charge in [0.15, 0.2) is 0 Å². The standard InChI is InChI=1S/C25H17Cl2FN2O4S/c26-16-6-8-17(9-7-16)29-23(31)13-30-24(32)22(35-25(30)33)12-15-4-10-18(11-5-15)34-14-19-20(27)2-1-3-21(19)28/h1-12H,13-14H2,(H,29,31)/b22-12-. The number of nitrogens with zero attached hydrogens (tertiary/aromatic N) is 1. The lowest BCUT2D eigenvalue weighted by molar-refractivity contribution is -0.127. The van der Waals surface area contributed by atoms with Crippen LogP contribution in [0.1, 0.15) is 11.1 Å². The number of hydrogen-bond acceptors (Lipinski definition) is 5. The Morgan fingerprint density at radius 3 is 2.43 bits per heavy atom. The maximum atomic E-state index is 13.9. The molecule has 0 aliphatic carbocycles. The van der Waals surface area contributed by atoms with Crippen molar-refractivity contribution in [1.82, 2.24) is 4.90 Å². The fraction of sp³-hybridized carbons (Fsp3) is 0.0800. The van der Waals surface area contributed by atoms with E-state index in [2.05, 4.69) is 5.32 Å². The van der Waals surface area contributed by atoms with Crippen molar-refractivity contribution < 1.29 is 23.5 Å². The monoisotopic (exact) mass is 530 g/mol. The van der Waals surface area contributed by atoms with Crippen LogP contribution in [0.3, 0.4) is 0 Å². The minimum atomic E-state index is -0.555. The van der Waals surface area contributed by atoms with Crippen LogP contribution in [0.5, 0.6) is 5.75 Å². The average Bonchev–Trinajstić information content (AvgIpc) is 3.08. The van der Waals surface area contributed by atoms with Crippen LogP contribution >= 0.6 is 35.0 Å². The number of nitrogens with one attached hydrogen (secondary N) is 1. The molecular weight excluding hydrogens is 514 g/mol. The number of amides is 3. The zero-order valence-electron chi connectivity index (χ0n) is 18.0. The largest absolute Gasteiger partial charge is 0.489 e. The van der Waals surface area contributed by atoms with Gasteiger partial charge in [0.1, 0.15) is 24.7 Å². The summed E-state index contributed by atoms with van der Waals surface area (Å²) >= 11 is 12.6. The van der Waals surface area contributed by atoms with E-state index < -0.39 is 29.4 Å². The fourth-order valence-corrected chi connectivity index (χ4v) is 4.33. The first kappa shape index (κ1) is 24.8. The second kappa shape index (κ2) is 10.9. The molecule has 1 saturated heterocycles. The molecule has 0 spiro atoms. The molecule has 0 saturated carbocycles. The summed E-state index contributed by atoms with van der Waals surface area (Å²) in [6.45, 7) is -0.447. The Morgan fingerprint density at radius 1 is 1.03 bits per heavy atom. The van der Waals surface area contributed by atoms with E-state index in [1.807, 2.05) is 0 Å². The molecular formula is C25H17Cl2FN2O4S. The van der Waals surface area contributed by atoms with E-state index in [-0.39, 0.29) is 22.1 Å². The Morgan fingerprint density at radius 2 is 1.74 bits per heavy atom. The fourth-order valence-electron chi connectivity index (χ4n) is 3.15. The Hall–Kier alpha value is -3.33. The molecule has 6 nitrogen and oxygen atoms in total. The van der Waals surface area contributed by atoms with Gasteiger partial charge in [0.2, 0.25) is 5.91 Å². The van der Waals surface area contributed by atoms with E-state index in [9.17, 15) is 18.8 Å². The third-order valence-electron chi connectivity index (χ3n) is 4.93. The van der Waals surface area contributed by atoms with Crippen LogP contribution < -0.4 is 10.1 Å². The molecule has 1 heterocycles. The van der Waals surface area contributed by atoms with Gasteiger partial charge in [0.25, 0.3) is 11.1 Å². The highest BCUT2D eigenvalue weighted by Crippen LogP contribution is 2.32. The minimum absolute atomic E-state index is 0.0399. The van der Waals surface area contributed by atoms with Gasteiger partial charge in [-0.25, -0.2) is 4.39 Å². The topological polar surface area (TPSA) is 75.7 Å². The maximum Gasteiger partial charge on any atom is 0.294 e. The molecule has 0 unspecified atom stereocenters. The summed E-state index contributed by atoms with van der Waals surface area (Å²) in [7, 11) is 0. The first-order valence-electron chi connectivity index (χ1n) is 10.3. The Kier molecular flexibility index (Phi) is 7.75. The Bertz CT molecular complexity index is 1290. The molecule has 4 rings (SSSR count). The summed E-state index contributed by atoms with van der Waals surface area (Å²) in [6.07, 6.45) is 1.56. The lowest BCUT2D eigenvalue weighted by atomic mass is 10.2. The number of carbonyl (C=O) groups is 3. The molecule has 35 heavy (non-hydrogen) atoms. The number of rotatable bonds is 7. The van der Waals surface area contributed by atoms with Gasteiger partial charge in [-0.15, -0.1) is 0 Å². The number of imide groups is 1. The van der Waals surface area contributed by atoms with Crippen molar-refractivity contribution in [3.8, 4) is 5.75 Å². The van der Waals surface area contributed by atoms with E-state index in [0.29, 0.717) is 22.0 Å². The first-order valence-corrected chi connectivity index (χ1v) is 11.8. The molecule has 10 heteroatoms. The first-order chi connectivity index (χ1) is 16.8. The predicted molar refractivity (Wildman–Crippen MR) is 135 cm³/mol. The van der Waals surface area contributed by atoms with E-state index in [4.69, 9.17) is 27.9 Å². The lowest BCUT2D eigenvalue weighted by Crippen LogP contribution is -2.36. The van der Waals surface area contributed by atoms with Gasteiger partial charge in [-0.1, -0.05) is 41.4 Å². The smallest absolute Gasteiger partial charge is 0.294 e. The van der Waals surface area contributed by atoms with Crippen molar-refractivity contribution in [2.75, 3.05) is 11.9 Å². The van der Waals surface area contributed by atoms with Crippen LogP contribution in [0.4, 0.5) is 14.9 Å². The third kappa shape index (κ3) is 6.22. The zero-order chi connectivity index (χ0) is 24.9. The van der Waals surface area contributed by atoms with Crippen molar-refractivity contribution in [2.45, 2.75) is 6.61 Å². The van der Waals surface area contributed by atoms with Crippen LogP contribution in [-0.2, 0) is 16.2 Å². The van der Waals surface area contributed by atoms with Crippen LogP contribution in [0.25, 0.3) is 6.08 Å². The van der Waals surface area contributed by atoms with Gasteiger partial charge < -0.3 is 10.1 Å². The van der Waals surface area contributed by atoms with Gasteiger partial charge >= 0.3 is 0 Å². The summed E-state index contributed by atoms with van der Waals surface area (Å²) in [4.78, 5) is 38.4. The van der Waals surface area contributed by atoms with Crippen LogP contribution in [0, 0.1) is 5.82 Å². The van der Waals surface area contributed by atoms with E-state index in [1.54, 1.807) is 60.7 Å². The molecule has 0 bridgehead atoms. The van der Waals surface area contributed by atoms with Crippen molar-refractivity contribution in [1.29, 1.82) is 0 Å². The highest BCUT2D eigenvalue weighted by molar-refractivity contribution is 8.18. The number of carbonyl (C=O) groups excluding carboxylic acids is 3. The van der Waals surface area contributed by atoms with Crippen molar-refractivity contribution in [3.05, 3.63) is 98.6 Å². The summed E-state index contributed by atoms with van der Waals surface area (Å²) in [5.74, 6) is -1.03. The number of hydrogen-bond donors (Lipinski definition) is 1. The van der Waals surface area contributed by atoms with Crippen molar-refractivity contribution in [2.24, 2.45) is 0 Å². The molecule has 178 valence electrons. The lowest BCUT2D eigenvalue weighted by Gasteiger charge is -2.12. The summed E-state index contributed by atoms with van der Waals surface area (Å²) in [5, 5.41) is 2.89. The number of ether oxygens (including phenoxy) is 1. The second-order valence-electron chi connectivity index (χ2n) is 7.38. The van der Waals surface area contributed by atoms with Gasteiger partial charge in [-0.3, -0.25) is 19.3 Å². The van der Waals surface area contributed by atoms with Gasteiger partial charge in [-0.2, -0.15) is 0 Å². The third-order valence-corrected chi connectivity index (χ3v) is 6.44.